The zero-order valence-electron chi connectivity index (χ0n) is 11.6. The largest absolute Gasteiger partial charge is 0.309 e. The monoisotopic (exact) mass is 325 g/mol. The lowest BCUT2D eigenvalue weighted by atomic mass is 10.2. The predicted molar refractivity (Wildman–Crippen MR) is 80.0 cm³/mol. The molecule has 0 aromatic carbocycles. The first-order chi connectivity index (χ1) is 8.99. The number of aromatic nitrogens is 1. The van der Waals surface area contributed by atoms with Crippen molar-refractivity contribution in [1.82, 2.24) is 9.88 Å². The molecule has 3 unspecified atom stereocenters. The van der Waals surface area contributed by atoms with Gasteiger partial charge in [0.2, 0.25) is 5.91 Å². The Balaban J connectivity index is 2.03. The molecule has 0 spiro atoms. The molecule has 1 fully saturated rings. The summed E-state index contributed by atoms with van der Waals surface area (Å²) in [6.45, 7) is 6.33. The predicted octanol–water partition coefficient (Wildman–Crippen LogP) is 3.04. The van der Waals surface area contributed by atoms with E-state index in [0.717, 1.165) is 17.3 Å². The van der Waals surface area contributed by atoms with E-state index in [1.807, 2.05) is 19.1 Å². The standard InChI is InChI=1S/C14H20BrN3O/c1-9-4-5-10(2)18(9)11(3)14(19)17-13-8-12(15)6-7-16-13/h6-11H,4-5H2,1-3H3,(H,16,17,19). The highest BCUT2D eigenvalue weighted by Crippen LogP contribution is 2.26. The van der Waals surface area contributed by atoms with Crippen LogP contribution in [0, 0.1) is 0 Å². The SMILES string of the molecule is CC1CCC(C)N1C(C)C(=O)Nc1cc(Br)ccn1. The topological polar surface area (TPSA) is 45.2 Å². The number of carbonyl (C=O) groups excluding carboxylic acids is 1. The Kier molecular flexibility index (Phi) is 4.58. The number of amides is 1. The average molecular weight is 326 g/mol. The van der Waals surface area contributed by atoms with Crippen LogP contribution in [0.1, 0.15) is 33.6 Å². The summed E-state index contributed by atoms with van der Waals surface area (Å²) in [4.78, 5) is 18.7. The van der Waals surface area contributed by atoms with E-state index in [1.54, 1.807) is 6.20 Å². The van der Waals surface area contributed by atoms with Crippen molar-refractivity contribution < 1.29 is 4.79 Å². The number of rotatable bonds is 3. The number of hydrogen-bond acceptors (Lipinski definition) is 3. The number of anilines is 1. The van der Waals surface area contributed by atoms with Gasteiger partial charge in [0.05, 0.1) is 6.04 Å². The number of nitrogens with one attached hydrogen (secondary N) is 1. The van der Waals surface area contributed by atoms with Gasteiger partial charge in [-0.2, -0.15) is 0 Å². The second kappa shape index (κ2) is 6.01. The molecule has 1 aliphatic rings. The molecule has 1 N–H and O–H groups in total. The van der Waals surface area contributed by atoms with E-state index >= 15 is 0 Å². The molecule has 19 heavy (non-hydrogen) atoms. The van der Waals surface area contributed by atoms with Crippen LogP contribution in [0.3, 0.4) is 0 Å². The van der Waals surface area contributed by atoms with Crippen LogP contribution in [-0.2, 0) is 4.79 Å². The zero-order chi connectivity index (χ0) is 14.0. The molecule has 3 atom stereocenters. The maximum absolute atomic E-state index is 12.3. The van der Waals surface area contributed by atoms with E-state index in [-0.39, 0.29) is 11.9 Å². The van der Waals surface area contributed by atoms with Crippen molar-refractivity contribution >= 4 is 27.7 Å². The molecule has 0 bridgehead atoms. The highest BCUT2D eigenvalue weighted by atomic mass is 79.9. The average Bonchev–Trinajstić information content (AvgIpc) is 2.68. The van der Waals surface area contributed by atoms with Crippen LogP contribution in [0.2, 0.25) is 0 Å². The summed E-state index contributed by atoms with van der Waals surface area (Å²) in [7, 11) is 0. The van der Waals surface area contributed by atoms with Crippen molar-refractivity contribution in [3.63, 3.8) is 0 Å². The normalized spacial score (nSPS) is 25.3. The van der Waals surface area contributed by atoms with Crippen LogP contribution < -0.4 is 5.32 Å². The first-order valence-electron chi connectivity index (χ1n) is 6.69. The number of likely N-dealkylation sites (tertiary alicyclic amines) is 1. The van der Waals surface area contributed by atoms with Crippen molar-refractivity contribution in [2.24, 2.45) is 0 Å². The maximum atomic E-state index is 12.3. The van der Waals surface area contributed by atoms with Gasteiger partial charge in [0, 0.05) is 22.8 Å². The van der Waals surface area contributed by atoms with E-state index in [2.05, 4.69) is 45.0 Å². The van der Waals surface area contributed by atoms with Gasteiger partial charge in [0.15, 0.2) is 0 Å². The van der Waals surface area contributed by atoms with Gasteiger partial charge in [-0.05, 0) is 45.7 Å². The van der Waals surface area contributed by atoms with Crippen LogP contribution in [0.15, 0.2) is 22.8 Å². The molecule has 0 saturated carbocycles. The van der Waals surface area contributed by atoms with Gasteiger partial charge in [-0.15, -0.1) is 0 Å². The van der Waals surface area contributed by atoms with Crippen molar-refractivity contribution in [3.8, 4) is 0 Å². The van der Waals surface area contributed by atoms with Crippen LogP contribution in [0.4, 0.5) is 5.82 Å². The van der Waals surface area contributed by atoms with Crippen LogP contribution >= 0.6 is 15.9 Å². The molecule has 1 saturated heterocycles. The quantitative estimate of drug-likeness (QED) is 0.929. The highest BCUT2D eigenvalue weighted by Gasteiger charge is 2.34. The number of halogens is 1. The third kappa shape index (κ3) is 3.34. The molecule has 104 valence electrons. The van der Waals surface area contributed by atoms with Gasteiger partial charge in [0.1, 0.15) is 5.82 Å². The molecule has 0 aliphatic carbocycles. The number of nitrogens with zero attached hydrogens (tertiary/aromatic N) is 2. The first kappa shape index (κ1) is 14.5. The Bertz CT molecular complexity index is 456. The van der Waals surface area contributed by atoms with Crippen molar-refractivity contribution in [1.29, 1.82) is 0 Å². The molecule has 0 radical (unpaired) electrons. The lowest BCUT2D eigenvalue weighted by Gasteiger charge is -2.31. The van der Waals surface area contributed by atoms with Gasteiger partial charge >= 0.3 is 0 Å². The van der Waals surface area contributed by atoms with Gasteiger partial charge in [-0.3, -0.25) is 9.69 Å². The molecule has 4 nitrogen and oxygen atoms in total. The van der Waals surface area contributed by atoms with Crippen molar-refractivity contribution in [2.75, 3.05) is 5.32 Å². The maximum Gasteiger partial charge on any atom is 0.242 e. The first-order valence-corrected chi connectivity index (χ1v) is 7.48. The summed E-state index contributed by atoms with van der Waals surface area (Å²) in [5, 5.41) is 2.88. The summed E-state index contributed by atoms with van der Waals surface area (Å²) in [6, 6.07) is 4.44. The lowest BCUT2D eigenvalue weighted by Crippen LogP contribution is -2.46. The molecule has 2 rings (SSSR count). The van der Waals surface area contributed by atoms with E-state index in [4.69, 9.17) is 0 Å². The number of hydrogen-bond donors (Lipinski definition) is 1. The lowest BCUT2D eigenvalue weighted by molar-refractivity contribution is -0.121. The Morgan fingerprint density at radius 3 is 2.68 bits per heavy atom. The number of carbonyl (C=O) groups is 1. The fraction of sp³-hybridized carbons (Fsp3) is 0.571. The van der Waals surface area contributed by atoms with Crippen molar-refractivity contribution in [2.45, 2.75) is 51.7 Å². The molecule has 1 aliphatic heterocycles. The van der Waals surface area contributed by atoms with Crippen LogP contribution in [0.5, 0.6) is 0 Å². The van der Waals surface area contributed by atoms with Crippen molar-refractivity contribution in [3.05, 3.63) is 22.8 Å². The molecule has 1 amide bonds. The van der Waals surface area contributed by atoms with Gasteiger partial charge < -0.3 is 5.32 Å². The fourth-order valence-corrected chi connectivity index (χ4v) is 3.15. The Morgan fingerprint density at radius 2 is 2.11 bits per heavy atom. The molecule has 1 aromatic rings. The summed E-state index contributed by atoms with van der Waals surface area (Å²) < 4.78 is 0.911. The second-order valence-corrected chi connectivity index (χ2v) is 6.16. The van der Waals surface area contributed by atoms with E-state index in [0.29, 0.717) is 17.9 Å². The van der Waals surface area contributed by atoms with E-state index in [1.165, 1.54) is 0 Å². The summed E-state index contributed by atoms with van der Waals surface area (Å²) in [6.07, 6.45) is 3.99. The van der Waals surface area contributed by atoms with Gasteiger partial charge in [-0.1, -0.05) is 15.9 Å². The fourth-order valence-electron chi connectivity index (χ4n) is 2.82. The minimum Gasteiger partial charge on any atom is -0.309 e. The van der Waals surface area contributed by atoms with Gasteiger partial charge in [0.25, 0.3) is 0 Å². The minimum atomic E-state index is -0.131. The van der Waals surface area contributed by atoms with Gasteiger partial charge in [-0.25, -0.2) is 4.98 Å². The van der Waals surface area contributed by atoms with E-state index in [9.17, 15) is 4.79 Å². The highest BCUT2D eigenvalue weighted by molar-refractivity contribution is 9.10. The summed E-state index contributed by atoms with van der Waals surface area (Å²) >= 11 is 3.37. The smallest absolute Gasteiger partial charge is 0.242 e. The molecule has 2 heterocycles. The Morgan fingerprint density at radius 1 is 1.47 bits per heavy atom. The zero-order valence-corrected chi connectivity index (χ0v) is 13.1. The Hall–Kier alpha value is -0.940. The molecular weight excluding hydrogens is 306 g/mol. The summed E-state index contributed by atoms with van der Waals surface area (Å²) in [5.74, 6) is 0.594. The molecule has 1 aromatic heterocycles. The van der Waals surface area contributed by atoms with Crippen LogP contribution in [-0.4, -0.2) is 33.9 Å². The second-order valence-electron chi connectivity index (χ2n) is 5.25. The number of pyridine rings is 1. The molecule has 5 heteroatoms. The van der Waals surface area contributed by atoms with Crippen LogP contribution in [0.25, 0.3) is 0 Å². The minimum absolute atomic E-state index is 0.00574. The molecular formula is C14H20BrN3O. The Labute approximate surface area is 122 Å². The third-order valence-corrected chi connectivity index (χ3v) is 4.31. The van der Waals surface area contributed by atoms with E-state index < -0.39 is 0 Å². The summed E-state index contributed by atoms with van der Waals surface area (Å²) in [5.41, 5.74) is 0. The third-order valence-electron chi connectivity index (χ3n) is 3.82.